The van der Waals surface area contributed by atoms with Crippen molar-refractivity contribution in [3.05, 3.63) is 173 Å². The number of nitrogens with one attached hydrogen (secondary N) is 11. The number of likely N-dealkylation sites (N-methyl/N-ethyl adjacent to an activating group) is 1. The molecule has 0 aliphatic carbocycles. The maximum absolute atomic E-state index is 16.3. The number of hydrogen-bond acceptors (Lipinski definition) is 29. The van der Waals surface area contributed by atoms with Gasteiger partial charge in [0.05, 0.1) is 57.8 Å². The third-order valence-corrected chi connectivity index (χ3v) is 22.8. The molecule has 22 N–H and O–H groups in total. The zero-order chi connectivity index (χ0) is 91.4. The number of carbonyl (C=O) groups is 10. The monoisotopic (exact) mass is 1830 g/mol. The van der Waals surface area contributed by atoms with E-state index in [2.05, 4.69) is 63.7 Å². The van der Waals surface area contributed by atoms with Crippen molar-refractivity contribution in [2.75, 3.05) is 25.5 Å². The molecule has 1 aromatic heterocycles. The van der Waals surface area contributed by atoms with Crippen LogP contribution in [0.15, 0.2) is 114 Å². The van der Waals surface area contributed by atoms with Gasteiger partial charge in [0, 0.05) is 55.4 Å². The number of ether oxygens (including phenoxy) is 6. The van der Waals surface area contributed by atoms with Crippen LogP contribution in [0.5, 0.6) is 46.0 Å². The lowest BCUT2D eigenvalue weighted by Crippen LogP contribution is -2.65. The van der Waals surface area contributed by atoms with Crippen molar-refractivity contribution in [2.45, 2.75) is 176 Å². The van der Waals surface area contributed by atoms with Crippen molar-refractivity contribution in [3.63, 3.8) is 0 Å². The highest BCUT2D eigenvalue weighted by atomic mass is 35.5. The molecule has 0 unspecified atom stereocenters. The fraction of sp³-hybridized carbons (Fsp3) is 0.390. The van der Waals surface area contributed by atoms with Gasteiger partial charge in [0.2, 0.25) is 65.2 Å². The molecule has 7 aliphatic rings. The number of nitrogens with zero attached hydrogens (tertiary/aromatic N) is 2. The van der Waals surface area contributed by atoms with Crippen LogP contribution in [-0.4, -0.2) is 214 Å². The molecule has 14 rings (SSSR count). The standard InChI is InChI=1S/C82H90Cl4N14O26/c1-32(2)19-47(88-6)73(113)96-64-66(108)37-9-13-51(45(85)23-37)122-53-25-39-26-54(70(53)126-80-71(69(111)68(110)55(31-101)124-80)125-59-30-82(5,72(112)33(3)121-59)89-16-18-100-17-15-57(92-81(100)120)91-58(107)21-35-7-11-43(83)44(84)20-35)123-52-14-10-38(24-46(52)86)67(109)65-78(118)95-63(79(119)99-98-34(4)102)42-27-40(103)28-50(105)60(42)41-22-36(8-12-49(41)104)61(75(115)97-65)94-76(116)62(39)93-74(114)48(29-56(87)106)90-77(64)117/h7-15,17,20,22-28,32-33,47-48,55,59,61-69,71-72,80,88-89,101,103-105,108-112H,16,18-19,21,29-31H2,1-6H3,(H2,87,106)(H,90,117)(H,93,114)(H,94,116)(H,95,118)(H,96,113)(H,97,115)(H,98,102)(H,99,119)(H,91,92,107,120)/t33-,47+,48-,55+,59-,61+,62+,63+,64+,65-,66+,67+,68+,69-,71+,72+,80-,82-/m0/s1. The fourth-order valence-corrected chi connectivity index (χ4v) is 15.8. The van der Waals surface area contributed by atoms with Crippen molar-refractivity contribution in [3.8, 4) is 57.1 Å². The van der Waals surface area contributed by atoms with E-state index in [1.54, 1.807) is 26.8 Å². The van der Waals surface area contributed by atoms with Crippen LogP contribution in [-0.2, 0) is 75.1 Å². The maximum atomic E-state index is 16.3. The highest BCUT2D eigenvalue weighted by molar-refractivity contribution is 6.42. The van der Waals surface area contributed by atoms with Crippen LogP contribution in [0.25, 0.3) is 11.1 Å². The van der Waals surface area contributed by atoms with E-state index >= 15 is 24.0 Å². The zero-order valence-corrected chi connectivity index (χ0v) is 70.7. The molecule has 11 bridgehead atoms. The van der Waals surface area contributed by atoms with Crippen molar-refractivity contribution in [2.24, 2.45) is 11.7 Å². The topological polar surface area (TPSA) is 601 Å². The summed E-state index contributed by atoms with van der Waals surface area (Å²) in [7, 11) is 1.46. The van der Waals surface area contributed by atoms with Crippen LogP contribution in [0.3, 0.4) is 0 Å². The van der Waals surface area contributed by atoms with Crippen LogP contribution >= 0.6 is 46.4 Å². The van der Waals surface area contributed by atoms with Gasteiger partial charge in [0.1, 0.15) is 101 Å². The first kappa shape index (κ1) is 93.6. The number of phenolic OH excluding ortho intramolecular Hbond substituents is 3. The Bertz CT molecular complexity index is 5460. The Balaban J connectivity index is 1.000. The lowest BCUT2D eigenvalue weighted by atomic mass is 9.85. The minimum atomic E-state index is -2.41. The summed E-state index contributed by atoms with van der Waals surface area (Å²) < 4.78 is 40.6. The number of aromatic nitrogens is 2. The second-order valence-corrected chi connectivity index (χ2v) is 32.8. The summed E-state index contributed by atoms with van der Waals surface area (Å²) in [6, 6.07) is 5.10. The van der Waals surface area contributed by atoms with E-state index in [1.807, 2.05) is 0 Å². The zero-order valence-electron chi connectivity index (χ0n) is 67.7. The van der Waals surface area contributed by atoms with E-state index in [1.165, 1.54) is 55.1 Å². The molecule has 2 fully saturated rings. The van der Waals surface area contributed by atoms with Crippen molar-refractivity contribution >= 4 is 111 Å². The maximum Gasteiger partial charge on any atom is 0.349 e. The van der Waals surface area contributed by atoms with E-state index in [9.17, 15) is 74.7 Å². The van der Waals surface area contributed by atoms with E-state index in [4.69, 9.17) is 80.6 Å². The third kappa shape index (κ3) is 21.2. The molecule has 2 saturated heterocycles. The molecule has 6 aromatic carbocycles. The average molecular weight is 1830 g/mol. The number of carbonyl (C=O) groups excluding carboxylic acids is 10. The van der Waals surface area contributed by atoms with Gasteiger partial charge < -0.3 is 128 Å². The summed E-state index contributed by atoms with van der Waals surface area (Å²) in [4.78, 5) is 163. The Labute approximate surface area is 736 Å². The fourth-order valence-electron chi connectivity index (χ4n) is 15.0. The Morgan fingerprint density at radius 2 is 1.34 bits per heavy atom. The van der Waals surface area contributed by atoms with Crippen LogP contribution in [0.2, 0.25) is 20.1 Å². The van der Waals surface area contributed by atoms with Gasteiger partial charge in [-0.3, -0.25) is 63.4 Å². The number of rotatable bonds is 20. The van der Waals surface area contributed by atoms with E-state index in [0.717, 1.165) is 73.7 Å². The quantitative estimate of drug-likeness (QED) is 0.0482. The molecule has 7 aromatic rings. The second kappa shape index (κ2) is 39.5. The molecule has 672 valence electrons. The number of hydrazine groups is 1. The Kier molecular flexibility index (Phi) is 29.4. The number of amides is 10. The van der Waals surface area contributed by atoms with E-state index in [-0.39, 0.29) is 76.6 Å². The molecular weight excluding hydrogens is 1740 g/mol. The predicted molar refractivity (Wildman–Crippen MR) is 445 cm³/mol. The lowest BCUT2D eigenvalue weighted by Gasteiger charge is -2.48. The highest BCUT2D eigenvalue weighted by Crippen LogP contribution is 2.50. The van der Waals surface area contributed by atoms with Gasteiger partial charge in [0.25, 0.3) is 5.91 Å². The van der Waals surface area contributed by atoms with Crippen LogP contribution in [0.4, 0.5) is 5.82 Å². The summed E-state index contributed by atoms with van der Waals surface area (Å²) in [6.45, 7) is 6.55. The number of benzene rings is 6. The Morgan fingerprint density at radius 3 is 1.97 bits per heavy atom. The predicted octanol–water partition coefficient (Wildman–Crippen LogP) is 1.56. The van der Waals surface area contributed by atoms with Gasteiger partial charge in [-0.15, -0.1) is 0 Å². The first-order valence-electron chi connectivity index (χ1n) is 39.3. The van der Waals surface area contributed by atoms with Gasteiger partial charge in [0.15, 0.2) is 23.9 Å². The number of nitrogens with two attached hydrogens (primary N) is 1. The second-order valence-electron chi connectivity index (χ2n) is 31.1. The lowest BCUT2D eigenvalue weighted by molar-refractivity contribution is -0.334. The summed E-state index contributed by atoms with van der Waals surface area (Å²) >= 11 is 26.5. The minimum absolute atomic E-state index is 0.0462. The summed E-state index contributed by atoms with van der Waals surface area (Å²) in [5, 5.41) is 130. The minimum Gasteiger partial charge on any atom is -0.508 e. The number of phenols is 3. The van der Waals surface area contributed by atoms with Gasteiger partial charge in [-0.2, -0.15) is 4.98 Å². The SMILES string of the molecule is CN[C@H](CC(C)C)C(=O)N[C@H]1C(=O)N[C@@H](CC(N)=O)C(=O)N[C@H]2C(=O)N[C@H]3C(=O)N[C@H](C(=O)N[C@@H](C(=O)NNC(C)=O)c4cc(O)cc(O)c4-c4cc3ccc4O)[C@H](O)c3ccc(c(Cl)c3)Oc3cc2cc(c3O[C@@H]2O[C@H](CO)[C@@H](O)[C@H](O)[C@H]2O[C@H]2C[C@](C)(NCCn3ccc(NC(=O)Cc4ccc(Cl)c(Cl)c4)nc3=O)[C@H](O)[C@H](C)O2)Oc2ccc(cc2Cl)[C@H]1O. The highest BCUT2D eigenvalue weighted by Gasteiger charge is 2.52. The molecule has 18 atom stereocenters. The number of hydrogen-bond donors (Lipinski definition) is 21. The van der Waals surface area contributed by atoms with Gasteiger partial charge in [-0.05, 0) is 139 Å². The van der Waals surface area contributed by atoms with Crippen molar-refractivity contribution in [1.29, 1.82) is 0 Å². The number of aliphatic hydroxyl groups is 6. The van der Waals surface area contributed by atoms with Crippen molar-refractivity contribution < 1.29 is 122 Å². The van der Waals surface area contributed by atoms with Crippen molar-refractivity contribution in [1.82, 2.24) is 62.9 Å². The number of aromatic hydroxyl groups is 3. The summed E-state index contributed by atoms with van der Waals surface area (Å²) in [6.07, 6.45) is -18.4. The van der Waals surface area contributed by atoms with E-state index < -0.39 is 260 Å². The Hall–Kier alpha value is -11.6. The first-order valence-corrected chi connectivity index (χ1v) is 40.8. The molecule has 40 nitrogen and oxygen atoms in total. The summed E-state index contributed by atoms with van der Waals surface area (Å²) in [5.41, 5.74) is 5.39. The molecular formula is C82H90Cl4N14O26. The molecule has 0 saturated carbocycles. The smallest absolute Gasteiger partial charge is 0.349 e. The van der Waals surface area contributed by atoms with Gasteiger partial charge in [-0.1, -0.05) is 84.5 Å². The number of anilines is 1. The molecule has 0 radical (unpaired) electrons. The average Bonchev–Trinajstić information content (AvgIpc) is 0.764. The van der Waals surface area contributed by atoms with Crippen LogP contribution in [0.1, 0.15) is 118 Å². The number of primary amides is 1. The van der Waals surface area contributed by atoms with Gasteiger partial charge >= 0.3 is 5.69 Å². The van der Waals surface area contributed by atoms with Crippen LogP contribution in [0, 0.1) is 5.92 Å². The van der Waals surface area contributed by atoms with E-state index in [0.29, 0.717) is 5.56 Å². The third-order valence-electron chi connectivity index (χ3n) is 21.5. The first-order chi connectivity index (χ1) is 59.7. The largest absolute Gasteiger partial charge is 0.508 e. The molecule has 10 amide bonds. The molecule has 0 spiro atoms. The molecule has 126 heavy (non-hydrogen) atoms. The number of fused-ring (bicyclic) bond motifs is 15. The van der Waals surface area contributed by atoms with Gasteiger partial charge in [-0.25, -0.2) is 4.79 Å². The molecule has 7 aliphatic heterocycles. The molecule has 44 heteroatoms. The van der Waals surface area contributed by atoms with Crippen LogP contribution < -0.4 is 84.3 Å². The Morgan fingerprint density at radius 1 is 0.690 bits per heavy atom. The number of halogens is 4. The molecule has 8 heterocycles. The summed E-state index contributed by atoms with van der Waals surface area (Å²) in [5.74, 6) is -17.3. The normalized spacial score (nSPS) is 25.8. The number of aliphatic hydroxyl groups excluding tert-OH is 6.